The fourth-order valence-corrected chi connectivity index (χ4v) is 1.90. The number of nitrogens with zero attached hydrogens (tertiary/aromatic N) is 2. The Kier molecular flexibility index (Phi) is 2.97. The van der Waals surface area contributed by atoms with Crippen LogP contribution in [-0.4, -0.2) is 28.2 Å². The van der Waals surface area contributed by atoms with Gasteiger partial charge in [0.25, 0.3) is 0 Å². The number of rotatable bonds is 3. The summed E-state index contributed by atoms with van der Waals surface area (Å²) < 4.78 is 5.51. The van der Waals surface area contributed by atoms with Crippen molar-refractivity contribution in [3.05, 3.63) is 28.4 Å². The minimum atomic E-state index is -0.507. The molecule has 0 aromatic carbocycles. The summed E-state index contributed by atoms with van der Waals surface area (Å²) in [5, 5.41) is 13.8. The number of nitro groups is 1. The van der Waals surface area contributed by atoms with Crippen LogP contribution in [0.2, 0.25) is 0 Å². The third-order valence-corrected chi connectivity index (χ3v) is 3.25. The molecular formula is C11H15N3O3. The van der Waals surface area contributed by atoms with E-state index in [-0.39, 0.29) is 17.5 Å². The molecule has 1 aliphatic heterocycles. The largest absolute Gasteiger partial charge is 0.376 e. The van der Waals surface area contributed by atoms with Gasteiger partial charge in [0.2, 0.25) is 0 Å². The number of pyridine rings is 1. The van der Waals surface area contributed by atoms with Gasteiger partial charge in [-0.2, -0.15) is 0 Å². The molecule has 1 aromatic rings. The molecule has 1 saturated heterocycles. The number of nitrogens with one attached hydrogen (secondary N) is 1. The second-order valence-electron chi connectivity index (χ2n) is 4.47. The molecule has 1 aliphatic rings. The highest BCUT2D eigenvalue weighted by molar-refractivity contribution is 5.46. The average Bonchev–Trinajstić information content (AvgIpc) is 2.60. The molecule has 1 N–H and O–H groups in total. The molecule has 0 aliphatic carbocycles. The highest BCUT2D eigenvalue weighted by Gasteiger charge is 2.37. The van der Waals surface area contributed by atoms with Crippen LogP contribution in [0.4, 0.5) is 11.5 Å². The number of hydrogen-bond donors (Lipinski definition) is 1. The summed E-state index contributed by atoms with van der Waals surface area (Å²) in [6.07, 6.45) is 2.50. The Labute approximate surface area is 99.2 Å². The molecule has 1 aromatic heterocycles. The molecule has 0 amide bonds. The molecule has 92 valence electrons. The molecule has 6 heteroatoms. The van der Waals surface area contributed by atoms with Gasteiger partial charge in [-0.3, -0.25) is 0 Å². The summed E-state index contributed by atoms with van der Waals surface area (Å²) in [4.78, 5) is 13.7. The van der Waals surface area contributed by atoms with E-state index in [1.165, 1.54) is 12.3 Å². The van der Waals surface area contributed by atoms with Crippen molar-refractivity contribution in [2.24, 2.45) is 0 Å². The number of anilines is 1. The number of ether oxygens (including phenoxy) is 1. The zero-order valence-electron chi connectivity index (χ0n) is 9.84. The van der Waals surface area contributed by atoms with Gasteiger partial charge < -0.3 is 20.2 Å². The summed E-state index contributed by atoms with van der Waals surface area (Å²) in [7, 11) is 0. The molecule has 2 atom stereocenters. The van der Waals surface area contributed by atoms with Crippen LogP contribution in [0.15, 0.2) is 18.3 Å². The van der Waals surface area contributed by atoms with Gasteiger partial charge in [0, 0.05) is 12.7 Å². The van der Waals surface area contributed by atoms with Crippen molar-refractivity contribution in [2.75, 3.05) is 11.9 Å². The van der Waals surface area contributed by atoms with Crippen LogP contribution < -0.4 is 5.32 Å². The van der Waals surface area contributed by atoms with Gasteiger partial charge in [0.15, 0.2) is 6.20 Å². The van der Waals surface area contributed by atoms with Crippen molar-refractivity contribution < 1.29 is 9.66 Å². The van der Waals surface area contributed by atoms with Gasteiger partial charge in [-0.1, -0.05) is 0 Å². The third kappa shape index (κ3) is 2.36. The Morgan fingerprint density at radius 3 is 2.88 bits per heavy atom. The van der Waals surface area contributed by atoms with E-state index in [0.29, 0.717) is 0 Å². The standard InChI is InChI=1S/C11H15N3O3/c1-8-11(2,5-6-17-8)13-9-3-4-10(12-7-9)14(15)16/h3-4,7-8,13H,5-6H2,1-2H3. The first-order chi connectivity index (χ1) is 8.01. The van der Waals surface area contributed by atoms with Crippen LogP contribution in [0.3, 0.4) is 0 Å². The summed E-state index contributed by atoms with van der Waals surface area (Å²) in [5.41, 5.74) is 0.633. The maximum Gasteiger partial charge on any atom is 0.363 e. The van der Waals surface area contributed by atoms with E-state index < -0.39 is 4.92 Å². The van der Waals surface area contributed by atoms with E-state index in [0.717, 1.165) is 18.7 Å². The molecule has 0 spiro atoms. The van der Waals surface area contributed by atoms with Gasteiger partial charge >= 0.3 is 5.82 Å². The Morgan fingerprint density at radius 2 is 2.41 bits per heavy atom. The van der Waals surface area contributed by atoms with E-state index in [1.807, 2.05) is 6.92 Å². The Bertz CT molecular complexity index is 420. The zero-order valence-corrected chi connectivity index (χ0v) is 9.84. The quantitative estimate of drug-likeness (QED) is 0.642. The predicted octanol–water partition coefficient (Wildman–Crippen LogP) is 1.97. The lowest BCUT2D eigenvalue weighted by Crippen LogP contribution is -2.41. The first-order valence-corrected chi connectivity index (χ1v) is 5.51. The summed E-state index contributed by atoms with van der Waals surface area (Å²) in [6, 6.07) is 3.06. The Morgan fingerprint density at radius 1 is 1.65 bits per heavy atom. The maximum atomic E-state index is 10.5. The van der Waals surface area contributed by atoms with E-state index in [9.17, 15) is 10.1 Å². The predicted molar refractivity (Wildman–Crippen MR) is 63.0 cm³/mol. The minimum absolute atomic E-state index is 0.109. The van der Waals surface area contributed by atoms with Crippen molar-refractivity contribution >= 4 is 11.5 Å². The first-order valence-electron chi connectivity index (χ1n) is 5.51. The highest BCUT2D eigenvalue weighted by Crippen LogP contribution is 2.29. The summed E-state index contributed by atoms with van der Waals surface area (Å²) >= 11 is 0. The lowest BCUT2D eigenvalue weighted by atomic mass is 9.94. The Balaban J connectivity index is 2.11. The Hall–Kier alpha value is -1.69. The topological polar surface area (TPSA) is 77.3 Å². The van der Waals surface area contributed by atoms with Gasteiger partial charge in [-0.15, -0.1) is 0 Å². The van der Waals surface area contributed by atoms with Crippen LogP contribution in [-0.2, 0) is 4.74 Å². The highest BCUT2D eigenvalue weighted by atomic mass is 16.6. The van der Waals surface area contributed by atoms with Crippen molar-refractivity contribution in [1.82, 2.24) is 4.98 Å². The molecule has 6 nitrogen and oxygen atoms in total. The zero-order chi connectivity index (χ0) is 12.5. The monoisotopic (exact) mass is 237 g/mol. The maximum absolute atomic E-state index is 10.5. The van der Waals surface area contributed by atoms with Gasteiger partial charge in [0.1, 0.15) is 0 Å². The van der Waals surface area contributed by atoms with Crippen molar-refractivity contribution in [3.63, 3.8) is 0 Å². The van der Waals surface area contributed by atoms with E-state index in [1.54, 1.807) is 6.07 Å². The third-order valence-electron chi connectivity index (χ3n) is 3.25. The second-order valence-corrected chi connectivity index (χ2v) is 4.47. The molecule has 2 rings (SSSR count). The van der Waals surface area contributed by atoms with Crippen LogP contribution in [0.5, 0.6) is 0 Å². The molecule has 1 fully saturated rings. The van der Waals surface area contributed by atoms with Crippen LogP contribution in [0.25, 0.3) is 0 Å². The lowest BCUT2D eigenvalue weighted by Gasteiger charge is -2.29. The molecule has 0 saturated carbocycles. The lowest BCUT2D eigenvalue weighted by molar-refractivity contribution is -0.389. The van der Waals surface area contributed by atoms with Crippen LogP contribution in [0, 0.1) is 10.1 Å². The molecule has 0 bridgehead atoms. The van der Waals surface area contributed by atoms with Crippen molar-refractivity contribution in [3.8, 4) is 0 Å². The number of hydrogen-bond acceptors (Lipinski definition) is 5. The SMILES string of the molecule is CC1OCCC1(C)Nc1ccc([N+](=O)[O-])nc1. The number of aromatic nitrogens is 1. The summed E-state index contributed by atoms with van der Waals surface area (Å²) in [5.74, 6) is -0.142. The van der Waals surface area contributed by atoms with Crippen molar-refractivity contribution in [1.29, 1.82) is 0 Å². The fourth-order valence-electron chi connectivity index (χ4n) is 1.90. The van der Waals surface area contributed by atoms with Crippen LogP contribution in [0.1, 0.15) is 20.3 Å². The molecule has 2 heterocycles. The van der Waals surface area contributed by atoms with E-state index in [2.05, 4.69) is 17.2 Å². The van der Waals surface area contributed by atoms with E-state index in [4.69, 9.17) is 4.74 Å². The molecule has 2 unspecified atom stereocenters. The average molecular weight is 237 g/mol. The molecule has 17 heavy (non-hydrogen) atoms. The molecule has 0 radical (unpaired) electrons. The fraction of sp³-hybridized carbons (Fsp3) is 0.545. The first kappa shape index (κ1) is 11.8. The van der Waals surface area contributed by atoms with E-state index >= 15 is 0 Å². The molecular weight excluding hydrogens is 222 g/mol. The van der Waals surface area contributed by atoms with Gasteiger partial charge in [-0.05, 0) is 36.2 Å². The summed E-state index contributed by atoms with van der Waals surface area (Å²) in [6.45, 7) is 4.82. The van der Waals surface area contributed by atoms with Gasteiger partial charge in [0.05, 0.1) is 17.3 Å². The second kappa shape index (κ2) is 4.29. The van der Waals surface area contributed by atoms with Crippen molar-refractivity contribution in [2.45, 2.75) is 31.9 Å². The normalized spacial score (nSPS) is 28.0. The van der Waals surface area contributed by atoms with Crippen LogP contribution >= 0.6 is 0 Å². The van der Waals surface area contributed by atoms with Gasteiger partial charge in [-0.25, -0.2) is 0 Å². The smallest absolute Gasteiger partial charge is 0.363 e. The minimum Gasteiger partial charge on any atom is -0.376 e.